The van der Waals surface area contributed by atoms with Crippen LogP contribution >= 0.6 is 0 Å². The minimum Gasteiger partial charge on any atom is -0.391 e. The molecule has 0 aromatic carbocycles. The van der Waals surface area contributed by atoms with Crippen LogP contribution in [0.15, 0.2) is 0 Å². The van der Waals surface area contributed by atoms with Gasteiger partial charge in [0.15, 0.2) is 9.84 Å². The van der Waals surface area contributed by atoms with E-state index in [4.69, 9.17) is 4.74 Å². The summed E-state index contributed by atoms with van der Waals surface area (Å²) in [4.78, 5) is 0. The van der Waals surface area contributed by atoms with E-state index in [1.54, 1.807) is 6.92 Å². The van der Waals surface area contributed by atoms with Gasteiger partial charge >= 0.3 is 0 Å². The molecule has 0 aliphatic carbocycles. The lowest BCUT2D eigenvalue weighted by molar-refractivity contribution is 0.126. The molecule has 0 aromatic heterocycles. The van der Waals surface area contributed by atoms with E-state index in [0.717, 1.165) is 0 Å². The largest absolute Gasteiger partial charge is 0.391 e. The van der Waals surface area contributed by atoms with Crippen molar-refractivity contribution in [3.05, 3.63) is 0 Å². The summed E-state index contributed by atoms with van der Waals surface area (Å²) in [7, 11) is -3.27. The van der Waals surface area contributed by atoms with Crippen molar-refractivity contribution in [1.29, 1.82) is 0 Å². The molecule has 0 spiro atoms. The fourth-order valence-electron chi connectivity index (χ4n) is 2.01. The van der Waals surface area contributed by atoms with E-state index in [9.17, 15) is 13.5 Å². The van der Waals surface area contributed by atoms with Crippen molar-refractivity contribution >= 4 is 9.84 Å². The minimum atomic E-state index is -3.27. The van der Waals surface area contributed by atoms with E-state index >= 15 is 0 Å². The molecular formula is C11H23NO4S. The summed E-state index contributed by atoms with van der Waals surface area (Å²) in [6, 6.07) is 0.237. The van der Waals surface area contributed by atoms with Gasteiger partial charge in [-0.1, -0.05) is 13.8 Å². The highest BCUT2D eigenvalue weighted by Gasteiger charge is 2.36. The number of sulfone groups is 1. The van der Waals surface area contributed by atoms with Gasteiger partial charge in [0.2, 0.25) is 0 Å². The van der Waals surface area contributed by atoms with Gasteiger partial charge in [-0.05, 0) is 13.3 Å². The van der Waals surface area contributed by atoms with Crippen molar-refractivity contribution in [2.45, 2.75) is 50.7 Å². The normalized spacial score (nSPS) is 27.6. The van der Waals surface area contributed by atoms with Crippen molar-refractivity contribution in [2.24, 2.45) is 0 Å². The zero-order valence-corrected chi connectivity index (χ0v) is 11.5. The fourth-order valence-corrected chi connectivity index (χ4v) is 4.03. The van der Waals surface area contributed by atoms with Crippen LogP contribution in [0.3, 0.4) is 0 Å². The van der Waals surface area contributed by atoms with Gasteiger partial charge in [0.05, 0.1) is 23.2 Å². The Hall–Kier alpha value is -0.170. The Morgan fingerprint density at radius 1 is 1.47 bits per heavy atom. The van der Waals surface area contributed by atoms with Gasteiger partial charge in [0.25, 0.3) is 0 Å². The monoisotopic (exact) mass is 265 g/mol. The number of aliphatic hydroxyl groups excluding tert-OH is 1. The van der Waals surface area contributed by atoms with Crippen LogP contribution < -0.4 is 5.32 Å². The van der Waals surface area contributed by atoms with Crippen molar-refractivity contribution in [1.82, 2.24) is 5.32 Å². The molecule has 1 heterocycles. The summed E-state index contributed by atoms with van der Waals surface area (Å²) in [5.41, 5.74) is 0. The Balaban J connectivity index is 2.48. The Morgan fingerprint density at radius 2 is 2.12 bits per heavy atom. The van der Waals surface area contributed by atoms with Crippen molar-refractivity contribution in [3.8, 4) is 0 Å². The standard InChI is InChI=1S/C11H23NO4S/c1-8(2)12-6-10(13)7-17(14,15)11-4-5-16-9(11)3/h8-13H,4-7H2,1-3H3. The lowest BCUT2D eigenvalue weighted by atomic mass is 10.3. The summed E-state index contributed by atoms with van der Waals surface area (Å²) < 4.78 is 29.3. The maximum Gasteiger partial charge on any atom is 0.158 e. The lowest BCUT2D eigenvalue weighted by Crippen LogP contribution is -2.40. The molecule has 1 aliphatic heterocycles. The van der Waals surface area contributed by atoms with Crippen molar-refractivity contribution in [2.75, 3.05) is 18.9 Å². The van der Waals surface area contributed by atoms with Crippen molar-refractivity contribution in [3.63, 3.8) is 0 Å². The van der Waals surface area contributed by atoms with Crippen LogP contribution in [0, 0.1) is 0 Å². The molecule has 102 valence electrons. The first-order valence-corrected chi connectivity index (χ1v) is 7.79. The number of aliphatic hydroxyl groups is 1. The van der Waals surface area contributed by atoms with E-state index < -0.39 is 21.2 Å². The maximum atomic E-state index is 12.0. The van der Waals surface area contributed by atoms with Crippen LogP contribution in [-0.2, 0) is 14.6 Å². The smallest absolute Gasteiger partial charge is 0.158 e. The average Bonchev–Trinajstić information content (AvgIpc) is 2.61. The molecule has 0 radical (unpaired) electrons. The molecular weight excluding hydrogens is 242 g/mol. The van der Waals surface area contributed by atoms with E-state index in [2.05, 4.69) is 5.32 Å². The molecule has 2 N–H and O–H groups in total. The molecule has 1 rings (SSSR count). The van der Waals surface area contributed by atoms with Gasteiger partial charge < -0.3 is 15.2 Å². The predicted octanol–water partition coefficient (Wildman–Crippen LogP) is -0.0625. The third kappa shape index (κ3) is 4.54. The molecule has 3 unspecified atom stereocenters. The number of hydrogen-bond acceptors (Lipinski definition) is 5. The predicted molar refractivity (Wildman–Crippen MR) is 66.8 cm³/mol. The van der Waals surface area contributed by atoms with Crippen LogP contribution in [0.2, 0.25) is 0 Å². The second-order valence-corrected chi connectivity index (χ2v) is 7.21. The number of nitrogens with one attached hydrogen (secondary N) is 1. The molecule has 0 aromatic rings. The van der Waals surface area contributed by atoms with Gasteiger partial charge in [-0.15, -0.1) is 0 Å². The second kappa shape index (κ2) is 6.13. The van der Waals surface area contributed by atoms with Crippen LogP contribution in [0.1, 0.15) is 27.2 Å². The topological polar surface area (TPSA) is 75.6 Å². The van der Waals surface area contributed by atoms with E-state index in [1.165, 1.54) is 0 Å². The molecule has 1 aliphatic rings. The maximum absolute atomic E-state index is 12.0. The first-order valence-electron chi connectivity index (χ1n) is 6.07. The minimum absolute atomic E-state index is 0.189. The number of hydrogen-bond donors (Lipinski definition) is 2. The Labute approximate surface area is 103 Å². The molecule has 6 heteroatoms. The van der Waals surface area contributed by atoms with Gasteiger partial charge in [-0.3, -0.25) is 0 Å². The van der Waals surface area contributed by atoms with Crippen molar-refractivity contribution < 1.29 is 18.3 Å². The molecule has 1 saturated heterocycles. The summed E-state index contributed by atoms with van der Waals surface area (Å²) in [5, 5.41) is 12.3. The highest BCUT2D eigenvalue weighted by Crippen LogP contribution is 2.21. The molecule has 3 atom stereocenters. The average molecular weight is 265 g/mol. The van der Waals surface area contributed by atoms with Crippen LogP contribution in [0.25, 0.3) is 0 Å². The lowest BCUT2D eigenvalue weighted by Gasteiger charge is -2.18. The van der Waals surface area contributed by atoms with Gasteiger partial charge in [0, 0.05) is 19.2 Å². The van der Waals surface area contributed by atoms with E-state index in [1.807, 2.05) is 13.8 Å². The van der Waals surface area contributed by atoms with Gasteiger partial charge in [0.1, 0.15) is 0 Å². The molecule has 0 saturated carbocycles. The zero-order chi connectivity index (χ0) is 13.1. The molecule has 17 heavy (non-hydrogen) atoms. The number of rotatable bonds is 6. The highest BCUT2D eigenvalue weighted by molar-refractivity contribution is 7.92. The van der Waals surface area contributed by atoms with Gasteiger partial charge in [-0.25, -0.2) is 8.42 Å². The van der Waals surface area contributed by atoms with Crippen LogP contribution in [0.5, 0.6) is 0 Å². The third-order valence-corrected chi connectivity index (χ3v) is 5.35. The second-order valence-electron chi connectivity index (χ2n) is 4.95. The first-order chi connectivity index (χ1) is 7.83. The summed E-state index contributed by atoms with van der Waals surface area (Å²) in [6.45, 7) is 6.47. The Morgan fingerprint density at radius 3 is 2.59 bits per heavy atom. The highest BCUT2D eigenvalue weighted by atomic mass is 32.2. The zero-order valence-electron chi connectivity index (χ0n) is 10.7. The molecule has 5 nitrogen and oxygen atoms in total. The number of ether oxygens (including phenoxy) is 1. The molecule has 0 amide bonds. The Kier molecular flexibility index (Phi) is 5.37. The third-order valence-electron chi connectivity index (χ3n) is 2.95. The fraction of sp³-hybridized carbons (Fsp3) is 1.00. The van der Waals surface area contributed by atoms with Crippen LogP contribution in [0.4, 0.5) is 0 Å². The van der Waals surface area contributed by atoms with Gasteiger partial charge in [-0.2, -0.15) is 0 Å². The van der Waals surface area contributed by atoms with E-state index in [0.29, 0.717) is 19.6 Å². The van der Waals surface area contributed by atoms with E-state index in [-0.39, 0.29) is 17.9 Å². The summed E-state index contributed by atoms with van der Waals surface area (Å²) >= 11 is 0. The SMILES string of the molecule is CC(C)NCC(O)CS(=O)(=O)C1CCOC1C. The quantitative estimate of drug-likeness (QED) is 0.703. The Bertz CT molecular complexity index is 328. The van der Waals surface area contributed by atoms with Crippen LogP contribution in [-0.4, -0.2) is 55.9 Å². The molecule has 1 fully saturated rings. The molecule has 0 bridgehead atoms. The summed E-state index contributed by atoms with van der Waals surface area (Å²) in [6.07, 6.45) is -0.575. The summed E-state index contributed by atoms with van der Waals surface area (Å²) in [5.74, 6) is -0.189. The first kappa shape index (κ1) is 14.9.